The fraction of sp³-hybridized carbons (Fsp3) is 0.300. The Morgan fingerprint density at radius 1 is 1.29 bits per heavy atom. The van der Waals surface area contributed by atoms with E-state index in [9.17, 15) is 0 Å². The highest BCUT2D eigenvalue weighted by molar-refractivity contribution is 7.10. The minimum absolute atomic E-state index is 0.0649. The van der Waals surface area contributed by atoms with Gasteiger partial charge in [-0.15, -0.1) is 22.7 Å². The summed E-state index contributed by atoms with van der Waals surface area (Å²) in [5.74, 6) is 0. The van der Waals surface area contributed by atoms with Gasteiger partial charge in [0.25, 0.3) is 0 Å². The first kappa shape index (κ1) is 9.83. The Kier molecular flexibility index (Phi) is 2.67. The van der Waals surface area contributed by atoms with Crippen LogP contribution < -0.4 is 5.73 Å². The van der Waals surface area contributed by atoms with Crippen LogP contribution in [0.2, 0.25) is 0 Å². The van der Waals surface area contributed by atoms with Gasteiger partial charge in [0.2, 0.25) is 0 Å². The summed E-state index contributed by atoms with van der Waals surface area (Å²) < 4.78 is 0. The van der Waals surface area contributed by atoms with Gasteiger partial charge in [-0.05, 0) is 30.9 Å². The molecule has 0 fully saturated rings. The zero-order valence-corrected chi connectivity index (χ0v) is 9.78. The molecule has 0 saturated carbocycles. The summed E-state index contributed by atoms with van der Waals surface area (Å²) >= 11 is 3.38. The molecule has 2 nitrogen and oxygen atoms in total. The first-order valence-corrected chi connectivity index (χ1v) is 6.15. The smallest absolute Gasteiger partial charge is 0.0898 e. The third-order valence-electron chi connectivity index (χ3n) is 2.07. The van der Waals surface area contributed by atoms with Gasteiger partial charge in [0.1, 0.15) is 0 Å². The molecule has 1 unspecified atom stereocenters. The van der Waals surface area contributed by atoms with Crippen LogP contribution in [0.25, 0.3) is 0 Å². The van der Waals surface area contributed by atoms with Crippen molar-refractivity contribution >= 4 is 22.7 Å². The number of thiophene rings is 1. The Labute approximate surface area is 91.4 Å². The third kappa shape index (κ3) is 1.87. The van der Waals surface area contributed by atoms with Crippen molar-refractivity contribution in [1.82, 2.24) is 4.98 Å². The molecule has 2 N–H and O–H groups in total. The van der Waals surface area contributed by atoms with Crippen molar-refractivity contribution in [2.75, 3.05) is 0 Å². The van der Waals surface area contributed by atoms with E-state index in [4.69, 9.17) is 5.73 Å². The molecule has 14 heavy (non-hydrogen) atoms. The van der Waals surface area contributed by atoms with E-state index < -0.39 is 0 Å². The number of nitrogens with zero attached hydrogens (tertiary/aromatic N) is 1. The number of aromatic nitrogens is 1. The van der Waals surface area contributed by atoms with Gasteiger partial charge < -0.3 is 5.73 Å². The van der Waals surface area contributed by atoms with Gasteiger partial charge in [0.15, 0.2) is 0 Å². The summed E-state index contributed by atoms with van der Waals surface area (Å²) in [6, 6.07) is 2.06. The summed E-state index contributed by atoms with van der Waals surface area (Å²) in [4.78, 5) is 5.69. The van der Waals surface area contributed by atoms with Crippen LogP contribution in [-0.2, 0) is 0 Å². The maximum atomic E-state index is 6.09. The molecule has 0 aliphatic carbocycles. The van der Waals surface area contributed by atoms with Gasteiger partial charge in [-0.1, -0.05) is 0 Å². The van der Waals surface area contributed by atoms with E-state index in [1.807, 2.05) is 12.3 Å². The average molecular weight is 224 g/mol. The fourth-order valence-corrected chi connectivity index (χ4v) is 2.71. The van der Waals surface area contributed by atoms with Gasteiger partial charge in [-0.2, -0.15) is 0 Å². The lowest BCUT2D eigenvalue weighted by molar-refractivity contribution is 0.838. The lowest BCUT2D eigenvalue weighted by atomic mass is 10.1. The van der Waals surface area contributed by atoms with Gasteiger partial charge in [-0.3, -0.25) is 0 Å². The second kappa shape index (κ2) is 3.81. The highest BCUT2D eigenvalue weighted by Gasteiger charge is 2.12. The number of hydrogen-bond acceptors (Lipinski definition) is 4. The number of rotatable bonds is 2. The first-order valence-electron chi connectivity index (χ1n) is 4.39. The minimum atomic E-state index is -0.0649. The van der Waals surface area contributed by atoms with Crippen molar-refractivity contribution in [3.05, 3.63) is 38.0 Å². The monoisotopic (exact) mass is 224 g/mol. The Bertz CT molecular complexity index is 391. The topological polar surface area (TPSA) is 38.9 Å². The number of hydrogen-bond donors (Lipinski definition) is 1. The molecule has 0 bridgehead atoms. The molecular weight excluding hydrogens is 212 g/mol. The molecular formula is C10H12N2S2. The summed E-state index contributed by atoms with van der Waals surface area (Å²) in [7, 11) is 0. The molecule has 0 radical (unpaired) electrons. The molecule has 0 spiro atoms. The molecule has 74 valence electrons. The Balaban J connectivity index is 2.28. The molecule has 2 heterocycles. The van der Waals surface area contributed by atoms with Crippen molar-refractivity contribution in [3.63, 3.8) is 0 Å². The molecule has 1 atom stereocenters. The van der Waals surface area contributed by atoms with E-state index in [0.29, 0.717) is 0 Å². The maximum absolute atomic E-state index is 6.09. The van der Waals surface area contributed by atoms with Crippen LogP contribution in [0.5, 0.6) is 0 Å². The summed E-state index contributed by atoms with van der Waals surface area (Å²) in [6.45, 7) is 4.09. The predicted molar refractivity (Wildman–Crippen MR) is 61.9 cm³/mol. The van der Waals surface area contributed by atoms with Crippen LogP contribution in [0.4, 0.5) is 0 Å². The van der Waals surface area contributed by atoms with E-state index >= 15 is 0 Å². The Morgan fingerprint density at radius 3 is 2.57 bits per heavy atom. The van der Waals surface area contributed by atoms with Crippen LogP contribution in [0.15, 0.2) is 16.8 Å². The van der Waals surface area contributed by atoms with Crippen LogP contribution in [0, 0.1) is 13.8 Å². The van der Waals surface area contributed by atoms with E-state index in [1.165, 1.54) is 4.88 Å². The quantitative estimate of drug-likeness (QED) is 0.852. The highest BCUT2D eigenvalue weighted by Crippen LogP contribution is 2.24. The largest absolute Gasteiger partial charge is 0.319 e. The van der Waals surface area contributed by atoms with Gasteiger partial charge in [-0.25, -0.2) is 4.98 Å². The van der Waals surface area contributed by atoms with E-state index in [2.05, 4.69) is 23.4 Å². The van der Waals surface area contributed by atoms with Crippen LogP contribution in [0.1, 0.15) is 27.2 Å². The average Bonchev–Trinajstić information content (AvgIpc) is 2.73. The zero-order valence-electron chi connectivity index (χ0n) is 8.15. The molecule has 0 saturated heterocycles. The van der Waals surface area contributed by atoms with Crippen LogP contribution in [0.3, 0.4) is 0 Å². The molecule has 0 aliphatic rings. The molecule has 2 rings (SSSR count). The van der Waals surface area contributed by atoms with E-state index in [-0.39, 0.29) is 6.04 Å². The number of aryl methyl sites for hydroxylation is 2. The van der Waals surface area contributed by atoms with Crippen LogP contribution >= 0.6 is 22.7 Å². The second-order valence-corrected chi connectivity index (χ2v) is 5.44. The predicted octanol–water partition coefficient (Wildman–Crippen LogP) is 2.87. The number of nitrogens with two attached hydrogens (primary N) is 1. The van der Waals surface area contributed by atoms with E-state index in [1.54, 1.807) is 22.7 Å². The SMILES string of the molecule is Cc1cc(C(N)c2csc(C)n2)cs1. The lowest BCUT2D eigenvalue weighted by Gasteiger charge is -2.05. The summed E-state index contributed by atoms with van der Waals surface area (Å²) in [5.41, 5.74) is 8.24. The molecule has 0 amide bonds. The first-order chi connectivity index (χ1) is 6.66. The van der Waals surface area contributed by atoms with Crippen molar-refractivity contribution in [2.45, 2.75) is 19.9 Å². The maximum Gasteiger partial charge on any atom is 0.0898 e. The summed E-state index contributed by atoms with van der Waals surface area (Å²) in [5, 5.41) is 5.21. The highest BCUT2D eigenvalue weighted by atomic mass is 32.1. The van der Waals surface area contributed by atoms with Gasteiger partial charge in [0, 0.05) is 10.3 Å². The van der Waals surface area contributed by atoms with Gasteiger partial charge in [0.05, 0.1) is 16.7 Å². The molecule has 2 aromatic heterocycles. The second-order valence-electron chi connectivity index (χ2n) is 3.26. The number of thiazole rings is 1. The third-order valence-corrected chi connectivity index (χ3v) is 3.74. The molecule has 0 aromatic carbocycles. The fourth-order valence-electron chi connectivity index (χ4n) is 1.32. The summed E-state index contributed by atoms with van der Waals surface area (Å²) in [6.07, 6.45) is 0. The zero-order chi connectivity index (χ0) is 10.1. The van der Waals surface area contributed by atoms with Crippen molar-refractivity contribution in [2.24, 2.45) is 5.73 Å². The Morgan fingerprint density at radius 2 is 2.07 bits per heavy atom. The standard InChI is InChI=1S/C10H12N2S2/c1-6-3-8(4-13-6)10(11)9-5-14-7(2)12-9/h3-5,10H,11H2,1-2H3. The Hall–Kier alpha value is -0.710. The molecule has 4 heteroatoms. The van der Waals surface area contributed by atoms with Gasteiger partial charge >= 0.3 is 0 Å². The van der Waals surface area contributed by atoms with E-state index in [0.717, 1.165) is 16.3 Å². The van der Waals surface area contributed by atoms with Crippen molar-refractivity contribution in [3.8, 4) is 0 Å². The lowest BCUT2D eigenvalue weighted by Crippen LogP contribution is -2.11. The van der Waals surface area contributed by atoms with Crippen LogP contribution in [-0.4, -0.2) is 4.98 Å². The molecule has 2 aromatic rings. The minimum Gasteiger partial charge on any atom is -0.319 e. The van der Waals surface area contributed by atoms with Crippen molar-refractivity contribution in [1.29, 1.82) is 0 Å². The van der Waals surface area contributed by atoms with Crippen molar-refractivity contribution < 1.29 is 0 Å². The normalized spacial score (nSPS) is 13.1. The molecule has 0 aliphatic heterocycles.